The van der Waals surface area contributed by atoms with Gasteiger partial charge in [-0.05, 0) is 29.7 Å². The number of halogens is 1. The highest BCUT2D eigenvalue weighted by Crippen LogP contribution is 2.28. The Morgan fingerprint density at radius 3 is 2.45 bits per heavy atom. The summed E-state index contributed by atoms with van der Waals surface area (Å²) in [5, 5.41) is 6.19. The lowest BCUT2D eigenvalue weighted by Crippen LogP contribution is -2.20. The molecule has 0 aliphatic rings. The molecule has 2 N–H and O–H groups in total. The molecule has 0 aliphatic heterocycles. The predicted octanol–water partition coefficient (Wildman–Crippen LogP) is 5.12. The van der Waals surface area contributed by atoms with Gasteiger partial charge in [0, 0.05) is 16.8 Å². The van der Waals surface area contributed by atoms with Crippen LogP contribution in [0.1, 0.15) is 25.3 Å². The third-order valence-corrected chi connectivity index (χ3v) is 3.48. The van der Waals surface area contributed by atoms with Crippen molar-refractivity contribution in [2.24, 2.45) is 0 Å². The van der Waals surface area contributed by atoms with Crippen LogP contribution in [0, 0.1) is 0 Å². The van der Waals surface area contributed by atoms with E-state index in [4.69, 9.17) is 16.3 Å². The molecule has 2 aromatic rings. The van der Waals surface area contributed by atoms with Gasteiger partial charge in [-0.2, -0.15) is 0 Å². The molecule has 0 heterocycles. The number of urea groups is 1. The first-order valence-corrected chi connectivity index (χ1v) is 7.39. The number of hydrogen-bond donors (Lipinski definition) is 2. The second-order valence-electron chi connectivity index (χ2n) is 5.17. The summed E-state index contributed by atoms with van der Waals surface area (Å²) in [7, 11) is 1.53. The minimum atomic E-state index is -0.325. The average molecular weight is 319 g/mol. The molecule has 2 amide bonds. The number of nitrogens with one attached hydrogen (secondary N) is 2. The molecule has 0 bridgehead atoms. The first-order chi connectivity index (χ1) is 10.5. The van der Waals surface area contributed by atoms with E-state index in [9.17, 15) is 4.79 Å². The number of anilines is 2. The number of amides is 2. The Bertz CT molecular complexity index is 671. The van der Waals surface area contributed by atoms with Crippen molar-refractivity contribution >= 4 is 29.0 Å². The highest BCUT2D eigenvalue weighted by molar-refractivity contribution is 6.30. The van der Waals surface area contributed by atoms with Crippen LogP contribution in [0.2, 0.25) is 5.02 Å². The lowest BCUT2D eigenvalue weighted by molar-refractivity contribution is 0.262. The van der Waals surface area contributed by atoms with Crippen LogP contribution in [-0.4, -0.2) is 13.1 Å². The van der Waals surface area contributed by atoms with E-state index in [1.807, 2.05) is 24.3 Å². The number of para-hydroxylation sites is 1. The molecule has 0 spiro atoms. The number of carbonyl (C=O) groups excluding carboxylic acids is 1. The molecule has 2 aromatic carbocycles. The van der Waals surface area contributed by atoms with Crippen LogP contribution < -0.4 is 15.4 Å². The van der Waals surface area contributed by atoms with Gasteiger partial charge in [-0.3, -0.25) is 0 Å². The molecule has 0 unspecified atom stereocenters. The molecule has 0 radical (unpaired) electrons. The summed E-state index contributed by atoms with van der Waals surface area (Å²) in [4.78, 5) is 12.2. The first kappa shape index (κ1) is 16.2. The minimum Gasteiger partial charge on any atom is -0.495 e. The van der Waals surface area contributed by atoms with Gasteiger partial charge >= 0.3 is 6.03 Å². The zero-order valence-electron chi connectivity index (χ0n) is 12.8. The molecule has 0 saturated heterocycles. The molecular formula is C17H19ClN2O2. The maximum absolute atomic E-state index is 12.2. The summed E-state index contributed by atoms with van der Waals surface area (Å²) < 4.78 is 5.21. The SMILES string of the molecule is COc1cc(Cl)ccc1NC(=O)Nc1ccccc1C(C)C. The predicted molar refractivity (Wildman–Crippen MR) is 91.2 cm³/mol. The van der Waals surface area contributed by atoms with Crippen LogP contribution in [0.4, 0.5) is 16.2 Å². The minimum absolute atomic E-state index is 0.321. The molecular weight excluding hydrogens is 300 g/mol. The Hall–Kier alpha value is -2.20. The van der Waals surface area contributed by atoms with E-state index in [0.29, 0.717) is 22.4 Å². The van der Waals surface area contributed by atoms with E-state index < -0.39 is 0 Å². The fourth-order valence-corrected chi connectivity index (χ4v) is 2.32. The fourth-order valence-electron chi connectivity index (χ4n) is 2.16. The number of hydrogen-bond acceptors (Lipinski definition) is 2. The second-order valence-corrected chi connectivity index (χ2v) is 5.60. The van der Waals surface area contributed by atoms with Gasteiger partial charge in [-0.25, -0.2) is 4.79 Å². The van der Waals surface area contributed by atoms with Crippen molar-refractivity contribution in [1.29, 1.82) is 0 Å². The topological polar surface area (TPSA) is 50.4 Å². The van der Waals surface area contributed by atoms with Crippen molar-refractivity contribution in [1.82, 2.24) is 0 Å². The van der Waals surface area contributed by atoms with Gasteiger partial charge in [-0.1, -0.05) is 43.6 Å². The van der Waals surface area contributed by atoms with Gasteiger partial charge in [-0.15, -0.1) is 0 Å². The standard InChI is InChI=1S/C17H19ClN2O2/c1-11(2)13-6-4-5-7-14(13)19-17(21)20-15-9-8-12(18)10-16(15)22-3/h4-11H,1-3H3,(H2,19,20,21). The van der Waals surface area contributed by atoms with Crippen LogP contribution in [0.15, 0.2) is 42.5 Å². The summed E-state index contributed by atoms with van der Waals surface area (Å²) in [5.41, 5.74) is 2.44. The number of carbonyl (C=O) groups is 1. The Balaban J connectivity index is 2.14. The summed E-state index contributed by atoms with van der Waals surface area (Å²) in [6.45, 7) is 4.17. The quantitative estimate of drug-likeness (QED) is 0.822. The molecule has 0 atom stereocenters. The van der Waals surface area contributed by atoms with Gasteiger partial charge in [0.1, 0.15) is 5.75 Å². The summed E-state index contributed by atoms with van der Waals surface area (Å²) in [6, 6.07) is 12.5. The summed E-state index contributed by atoms with van der Waals surface area (Å²) in [6.07, 6.45) is 0. The maximum Gasteiger partial charge on any atom is 0.323 e. The van der Waals surface area contributed by atoms with Crippen LogP contribution in [0.5, 0.6) is 5.75 Å². The lowest BCUT2D eigenvalue weighted by Gasteiger charge is -2.15. The Morgan fingerprint density at radius 1 is 1.09 bits per heavy atom. The largest absolute Gasteiger partial charge is 0.495 e. The summed E-state index contributed by atoms with van der Waals surface area (Å²) in [5.74, 6) is 0.835. The van der Waals surface area contributed by atoms with E-state index in [0.717, 1.165) is 11.3 Å². The van der Waals surface area contributed by atoms with Gasteiger partial charge in [0.15, 0.2) is 0 Å². The molecule has 2 rings (SSSR count). The van der Waals surface area contributed by atoms with Gasteiger partial charge in [0.05, 0.1) is 12.8 Å². The lowest BCUT2D eigenvalue weighted by atomic mass is 10.0. The van der Waals surface area contributed by atoms with Crippen molar-refractivity contribution in [2.75, 3.05) is 17.7 Å². The number of methoxy groups -OCH3 is 1. The molecule has 116 valence electrons. The molecule has 5 heteroatoms. The van der Waals surface area contributed by atoms with Crippen molar-refractivity contribution in [3.05, 3.63) is 53.1 Å². The van der Waals surface area contributed by atoms with Crippen LogP contribution in [-0.2, 0) is 0 Å². The van der Waals surface area contributed by atoms with Crippen LogP contribution in [0.3, 0.4) is 0 Å². The Morgan fingerprint density at radius 2 is 1.77 bits per heavy atom. The average Bonchev–Trinajstić information content (AvgIpc) is 2.49. The normalized spacial score (nSPS) is 10.4. The molecule has 0 saturated carbocycles. The zero-order chi connectivity index (χ0) is 16.1. The van der Waals surface area contributed by atoms with Crippen molar-refractivity contribution in [3.8, 4) is 5.75 Å². The van der Waals surface area contributed by atoms with E-state index >= 15 is 0 Å². The third-order valence-electron chi connectivity index (χ3n) is 3.24. The van der Waals surface area contributed by atoms with Crippen molar-refractivity contribution in [3.63, 3.8) is 0 Å². The third kappa shape index (κ3) is 3.92. The van der Waals surface area contributed by atoms with E-state index in [-0.39, 0.29) is 6.03 Å². The van der Waals surface area contributed by atoms with Crippen LogP contribution in [0.25, 0.3) is 0 Å². The highest BCUT2D eigenvalue weighted by Gasteiger charge is 2.11. The van der Waals surface area contributed by atoms with Gasteiger partial charge in [0.25, 0.3) is 0 Å². The number of ether oxygens (including phenoxy) is 1. The Kier molecular flexibility index (Phi) is 5.28. The Labute approximate surface area is 135 Å². The molecule has 22 heavy (non-hydrogen) atoms. The summed E-state index contributed by atoms with van der Waals surface area (Å²) >= 11 is 5.91. The van der Waals surface area contributed by atoms with Crippen molar-refractivity contribution < 1.29 is 9.53 Å². The van der Waals surface area contributed by atoms with Gasteiger partial charge < -0.3 is 15.4 Å². The van der Waals surface area contributed by atoms with Crippen LogP contribution >= 0.6 is 11.6 Å². The monoisotopic (exact) mass is 318 g/mol. The maximum atomic E-state index is 12.2. The zero-order valence-corrected chi connectivity index (χ0v) is 13.6. The van der Waals surface area contributed by atoms with E-state index in [1.54, 1.807) is 18.2 Å². The molecule has 0 fully saturated rings. The van der Waals surface area contributed by atoms with Crippen molar-refractivity contribution in [2.45, 2.75) is 19.8 Å². The smallest absolute Gasteiger partial charge is 0.323 e. The second kappa shape index (κ2) is 7.18. The fraction of sp³-hybridized carbons (Fsp3) is 0.235. The number of rotatable bonds is 4. The van der Waals surface area contributed by atoms with Gasteiger partial charge in [0.2, 0.25) is 0 Å². The number of benzene rings is 2. The molecule has 0 aliphatic carbocycles. The molecule has 0 aromatic heterocycles. The van der Waals surface area contributed by atoms with E-state index in [1.165, 1.54) is 7.11 Å². The van der Waals surface area contributed by atoms with E-state index in [2.05, 4.69) is 24.5 Å². The molecule has 4 nitrogen and oxygen atoms in total. The highest BCUT2D eigenvalue weighted by atomic mass is 35.5. The first-order valence-electron chi connectivity index (χ1n) is 7.01.